The molecule has 0 saturated heterocycles. The number of hydrogen-bond donors (Lipinski definition) is 2. The van der Waals surface area contributed by atoms with Gasteiger partial charge in [0, 0.05) is 17.1 Å². The van der Waals surface area contributed by atoms with E-state index < -0.39 is 0 Å². The van der Waals surface area contributed by atoms with Crippen LogP contribution in [-0.4, -0.2) is 4.98 Å². The summed E-state index contributed by atoms with van der Waals surface area (Å²) in [4.78, 5) is 4.35. The zero-order valence-corrected chi connectivity index (χ0v) is 12.6. The third-order valence-electron chi connectivity index (χ3n) is 3.15. The van der Waals surface area contributed by atoms with Crippen LogP contribution >= 0.6 is 34.5 Å². The van der Waals surface area contributed by atoms with Crippen molar-refractivity contribution in [3.63, 3.8) is 0 Å². The normalized spacial score (nSPS) is 12.8. The van der Waals surface area contributed by atoms with Crippen LogP contribution < -0.4 is 11.3 Å². The van der Waals surface area contributed by atoms with E-state index in [1.807, 2.05) is 36.4 Å². The van der Waals surface area contributed by atoms with Crippen molar-refractivity contribution >= 4 is 45.4 Å². The van der Waals surface area contributed by atoms with E-state index >= 15 is 0 Å². The number of thiophene rings is 1. The Balaban J connectivity index is 2.19. The van der Waals surface area contributed by atoms with E-state index in [4.69, 9.17) is 29.0 Å². The summed E-state index contributed by atoms with van der Waals surface area (Å²) in [5.41, 5.74) is 5.63. The first-order valence-corrected chi connectivity index (χ1v) is 7.52. The zero-order chi connectivity index (χ0) is 14.1. The Morgan fingerprint density at radius 2 is 2.00 bits per heavy atom. The SMILES string of the molecule is NNC(c1cc(Cl)sc1Cl)c1cccc2ncccc12. The Morgan fingerprint density at radius 1 is 1.15 bits per heavy atom. The molecule has 0 amide bonds. The fourth-order valence-electron chi connectivity index (χ4n) is 2.28. The number of benzene rings is 1. The summed E-state index contributed by atoms with van der Waals surface area (Å²) in [7, 11) is 0. The van der Waals surface area contributed by atoms with Crippen LogP contribution in [0.2, 0.25) is 8.67 Å². The van der Waals surface area contributed by atoms with E-state index in [1.165, 1.54) is 11.3 Å². The Kier molecular flexibility index (Phi) is 3.92. The average molecular weight is 324 g/mol. The average Bonchev–Trinajstić information content (AvgIpc) is 2.79. The lowest BCUT2D eigenvalue weighted by Gasteiger charge is -2.17. The number of nitrogens with one attached hydrogen (secondary N) is 1. The minimum Gasteiger partial charge on any atom is -0.271 e. The molecule has 20 heavy (non-hydrogen) atoms. The van der Waals surface area contributed by atoms with Crippen LogP contribution in [0.15, 0.2) is 42.6 Å². The molecule has 1 aromatic carbocycles. The number of rotatable bonds is 3. The number of nitrogens with two attached hydrogens (primary N) is 1. The molecule has 3 N–H and O–H groups in total. The number of halogens is 2. The van der Waals surface area contributed by atoms with E-state index in [9.17, 15) is 0 Å². The summed E-state index contributed by atoms with van der Waals surface area (Å²) >= 11 is 13.6. The predicted octanol–water partition coefficient (Wildman–Crippen LogP) is 4.16. The Bertz CT molecular complexity index is 752. The maximum Gasteiger partial charge on any atom is 0.0995 e. The topological polar surface area (TPSA) is 50.9 Å². The van der Waals surface area contributed by atoms with Crippen LogP contribution in [-0.2, 0) is 0 Å². The number of hydrazine groups is 1. The predicted molar refractivity (Wildman–Crippen MR) is 85.2 cm³/mol. The standard InChI is InChI=1S/C14H11Cl2N3S/c15-12-7-10(14(16)20-12)13(19-17)9-3-1-5-11-8(9)4-2-6-18-11/h1-7,13,19H,17H2. The largest absolute Gasteiger partial charge is 0.271 e. The lowest BCUT2D eigenvalue weighted by Crippen LogP contribution is -2.28. The zero-order valence-electron chi connectivity index (χ0n) is 10.3. The van der Waals surface area contributed by atoms with Gasteiger partial charge < -0.3 is 0 Å². The molecule has 1 atom stereocenters. The van der Waals surface area contributed by atoms with Gasteiger partial charge in [-0.25, -0.2) is 5.43 Å². The second-order valence-electron chi connectivity index (χ2n) is 4.30. The van der Waals surface area contributed by atoms with E-state index in [1.54, 1.807) is 6.20 Å². The first-order chi connectivity index (χ1) is 9.70. The van der Waals surface area contributed by atoms with Gasteiger partial charge in [0.05, 0.1) is 20.2 Å². The molecule has 0 aliphatic carbocycles. The Hall–Kier alpha value is -1.17. The molecule has 0 saturated carbocycles. The molecule has 0 fully saturated rings. The molecule has 1 unspecified atom stereocenters. The quantitative estimate of drug-likeness (QED) is 0.562. The molecule has 0 spiro atoms. The molecule has 2 heterocycles. The summed E-state index contributed by atoms with van der Waals surface area (Å²) in [6.45, 7) is 0. The number of nitrogens with zero attached hydrogens (tertiary/aromatic N) is 1. The van der Waals surface area contributed by atoms with E-state index in [0.717, 1.165) is 22.0 Å². The first-order valence-electron chi connectivity index (χ1n) is 5.95. The van der Waals surface area contributed by atoms with Crippen molar-refractivity contribution in [3.05, 3.63) is 62.4 Å². The lowest BCUT2D eigenvalue weighted by atomic mass is 9.97. The molecular weight excluding hydrogens is 313 g/mol. The van der Waals surface area contributed by atoms with Crippen LogP contribution in [0, 0.1) is 0 Å². The maximum atomic E-state index is 6.24. The van der Waals surface area contributed by atoms with Crippen molar-refractivity contribution < 1.29 is 0 Å². The van der Waals surface area contributed by atoms with E-state index in [-0.39, 0.29) is 6.04 Å². The van der Waals surface area contributed by atoms with Crippen LogP contribution in [0.5, 0.6) is 0 Å². The molecule has 3 nitrogen and oxygen atoms in total. The number of pyridine rings is 1. The van der Waals surface area contributed by atoms with Crippen molar-refractivity contribution in [1.82, 2.24) is 10.4 Å². The minimum absolute atomic E-state index is 0.223. The van der Waals surface area contributed by atoms with Gasteiger partial charge in [-0.15, -0.1) is 11.3 Å². The molecule has 3 aromatic rings. The number of fused-ring (bicyclic) bond motifs is 1. The minimum atomic E-state index is -0.223. The molecule has 0 bridgehead atoms. The van der Waals surface area contributed by atoms with Crippen molar-refractivity contribution in [2.75, 3.05) is 0 Å². The van der Waals surface area contributed by atoms with E-state index in [2.05, 4.69) is 10.4 Å². The summed E-state index contributed by atoms with van der Waals surface area (Å²) in [5.74, 6) is 5.74. The maximum absolute atomic E-state index is 6.24. The monoisotopic (exact) mass is 323 g/mol. The highest BCUT2D eigenvalue weighted by molar-refractivity contribution is 7.20. The molecule has 0 aliphatic heterocycles. The first kappa shape index (κ1) is 13.8. The van der Waals surface area contributed by atoms with Crippen LogP contribution in [0.1, 0.15) is 17.2 Å². The molecule has 102 valence electrons. The highest BCUT2D eigenvalue weighted by atomic mass is 35.5. The molecule has 3 rings (SSSR count). The summed E-state index contributed by atoms with van der Waals surface area (Å²) in [5, 5.41) is 1.04. The summed E-state index contributed by atoms with van der Waals surface area (Å²) in [6, 6.07) is 11.5. The van der Waals surface area contributed by atoms with Gasteiger partial charge in [-0.05, 0) is 23.8 Å². The van der Waals surface area contributed by atoms with Crippen LogP contribution in [0.4, 0.5) is 0 Å². The van der Waals surface area contributed by atoms with Gasteiger partial charge in [-0.3, -0.25) is 10.8 Å². The van der Waals surface area contributed by atoms with Crippen LogP contribution in [0.25, 0.3) is 10.9 Å². The second-order valence-corrected chi connectivity index (χ2v) is 6.58. The van der Waals surface area contributed by atoms with Crippen LogP contribution in [0.3, 0.4) is 0 Å². The second kappa shape index (κ2) is 5.68. The molecule has 0 aliphatic rings. The highest BCUT2D eigenvalue weighted by Crippen LogP contribution is 2.38. The smallest absolute Gasteiger partial charge is 0.0995 e. The van der Waals surface area contributed by atoms with Gasteiger partial charge in [0.25, 0.3) is 0 Å². The molecule has 2 aromatic heterocycles. The van der Waals surface area contributed by atoms with Crippen molar-refractivity contribution in [2.24, 2.45) is 5.84 Å². The van der Waals surface area contributed by atoms with Gasteiger partial charge in [0.1, 0.15) is 0 Å². The van der Waals surface area contributed by atoms with Gasteiger partial charge in [0.2, 0.25) is 0 Å². The fraction of sp³-hybridized carbons (Fsp3) is 0.0714. The Labute approximate surface area is 130 Å². The number of aromatic nitrogens is 1. The third kappa shape index (κ3) is 2.41. The molecular formula is C14H11Cl2N3S. The number of hydrogen-bond acceptors (Lipinski definition) is 4. The third-order valence-corrected chi connectivity index (χ3v) is 4.67. The van der Waals surface area contributed by atoms with Gasteiger partial charge in [-0.1, -0.05) is 41.4 Å². The highest BCUT2D eigenvalue weighted by Gasteiger charge is 2.20. The molecule has 6 heteroatoms. The Morgan fingerprint density at radius 3 is 2.70 bits per heavy atom. The van der Waals surface area contributed by atoms with Gasteiger partial charge >= 0.3 is 0 Å². The van der Waals surface area contributed by atoms with Crippen molar-refractivity contribution in [3.8, 4) is 0 Å². The molecule has 0 radical (unpaired) electrons. The van der Waals surface area contributed by atoms with Crippen molar-refractivity contribution in [1.29, 1.82) is 0 Å². The van der Waals surface area contributed by atoms with Gasteiger partial charge in [0.15, 0.2) is 0 Å². The van der Waals surface area contributed by atoms with Gasteiger partial charge in [-0.2, -0.15) is 0 Å². The summed E-state index contributed by atoms with van der Waals surface area (Å²) < 4.78 is 1.28. The van der Waals surface area contributed by atoms with Crippen molar-refractivity contribution in [2.45, 2.75) is 6.04 Å². The summed E-state index contributed by atoms with van der Waals surface area (Å²) in [6.07, 6.45) is 1.77. The fourth-order valence-corrected chi connectivity index (χ4v) is 3.81. The van der Waals surface area contributed by atoms with E-state index in [0.29, 0.717) is 8.67 Å². The lowest BCUT2D eigenvalue weighted by molar-refractivity contribution is 0.643.